The van der Waals surface area contributed by atoms with Crippen molar-refractivity contribution in [3.63, 3.8) is 0 Å². The summed E-state index contributed by atoms with van der Waals surface area (Å²) >= 11 is 0. The van der Waals surface area contributed by atoms with Crippen LogP contribution in [-0.2, 0) is 14.0 Å². The molecule has 4 nitrogen and oxygen atoms in total. The molecule has 0 aromatic heterocycles. The topological polar surface area (TPSA) is 69.4 Å². The van der Waals surface area contributed by atoms with Crippen LogP contribution >= 0.6 is 0 Å². The van der Waals surface area contributed by atoms with Crippen molar-refractivity contribution in [3.8, 4) is 0 Å². The molecule has 0 saturated heterocycles. The van der Waals surface area contributed by atoms with Crippen LogP contribution in [0.1, 0.15) is 40.5 Å². The molecule has 1 amide bonds. The molecule has 2 atom stereocenters. The zero-order valence-corrected chi connectivity index (χ0v) is 13.4. The average Bonchev–Trinajstić information content (AvgIpc) is 2.14. The fraction of sp³-hybridized carbons (Fsp3) is 0.846. The fourth-order valence-electron chi connectivity index (χ4n) is 1.42. The average molecular weight is 273 g/mol. The number of rotatable bonds is 7. The molecule has 5 heteroatoms. The molecule has 0 bridgehead atoms. The molecule has 0 rings (SSSR count). The standard InChI is InChI=1S/C13H27NO3Si/c1-10(7-8-15)11(9-12(14)16)17-18(5,6)13(2,3)4/h8,10-11H,7,9H2,1-6H3,(H2,14,16)/t10-,11-/m1/s1. The summed E-state index contributed by atoms with van der Waals surface area (Å²) in [6.07, 6.45) is 1.19. The van der Waals surface area contributed by atoms with Crippen LogP contribution < -0.4 is 5.73 Å². The van der Waals surface area contributed by atoms with Gasteiger partial charge in [0.15, 0.2) is 8.32 Å². The van der Waals surface area contributed by atoms with Crippen LogP contribution in [0.15, 0.2) is 0 Å². The van der Waals surface area contributed by atoms with Gasteiger partial charge in [0.1, 0.15) is 6.29 Å². The van der Waals surface area contributed by atoms with Crippen LogP contribution in [0.3, 0.4) is 0 Å². The third-order valence-electron chi connectivity index (χ3n) is 3.76. The van der Waals surface area contributed by atoms with Crippen molar-refractivity contribution in [1.29, 1.82) is 0 Å². The van der Waals surface area contributed by atoms with Gasteiger partial charge in [-0.1, -0.05) is 27.7 Å². The maximum Gasteiger partial charge on any atom is 0.219 e. The number of nitrogens with two attached hydrogens (primary N) is 1. The van der Waals surface area contributed by atoms with Crippen molar-refractivity contribution in [2.45, 2.75) is 64.8 Å². The monoisotopic (exact) mass is 273 g/mol. The third-order valence-corrected chi connectivity index (χ3v) is 8.26. The highest BCUT2D eigenvalue weighted by Crippen LogP contribution is 2.38. The van der Waals surface area contributed by atoms with Crippen LogP contribution in [-0.4, -0.2) is 26.6 Å². The second-order valence-electron chi connectivity index (χ2n) is 6.47. The highest BCUT2D eigenvalue weighted by atomic mass is 28.4. The molecule has 2 N–H and O–H groups in total. The van der Waals surface area contributed by atoms with E-state index in [1.54, 1.807) is 0 Å². The summed E-state index contributed by atoms with van der Waals surface area (Å²) in [5, 5.41) is 0.0732. The quantitative estimate of drug-likeness (QED) is 0.572. The lowest BCUT2D eigenvalue weighted by molar-refractivity contribution is -0.121. The Balaban J connectivity index is 4.88. The van der Waals surface area contributed by atoms with Crippen LogP contribution in [0, 0.1) is 5.92 Å². The maximum absolute atomic E-state index is 11.1. The molecular formula is C13H27NO3Si. The Hall–Kier alpha value is -0.683. The van der Waals surface area contributed by atoms with Gasteiger partial charge >= 0.3 is 0 Å². The van der Waals surface area contributed by atoms with Crippen molar-refractivity contribution in [3.05, 3.63) is 0 Å². The van der Waals surface area contributed by atoms with E-state index in [1.807, 2.05) is 6.92 Å². The molecule has 18 heavy (non-hydrogen) atoms. The Bertz CT molecular complexity index is 297. The minimum atomic E-state index is -1.95. The van der Waals surface area contributed by atoms with Crippen molar-refractivity contribution in [2.75, 3.05) is 0 Å². The van der Waals surface area contributed by atoms with Gasteiger partial charge in [-0.3, -0.25) is 4.79 Å². The molecule has 0 fully saturated rings. The molecule has 0 spiro atoms. The summed E-state index contributed by atoms with van der Waals surface area (Å²) in [4.78, 5) is 21.7. The van der Waals surface area contributed by atoms with Crippen molar-refractivity contribution in [1.82, 2.24) is 0 Å². The summed E-state index contributed by atoms with van der Waals surface area (Å²) < 4.78 is 6.21. The maximum atomic E-state index is 11.1. The van der Waals surface area contributed by atoms with Crippen LogP contribution in [0.2, 0.25) is 18.1 Å². The Labute approximate surface area is 111 Å². The molecule has 0 saturated carbocycles. The highest BCUT2D eigenvalue weighted by molar-refractivity contribution is 6.74. The largest absolute Gasteiger partial charge is 0.413 e. The van der Waals surface area contributed by atoms with E-state index in [2.05, 4.69) is 33.9 Å². The van der Waals surface area contributed by atoms with Gasteiger partial charge in [0.25, 0.3) is 0 Å². The highest BCUT2D eigenvalue weighted by Gasteiger charge is 2.40. The lowest BCUT2D eigenvalue weighted by Crippen LogP contribution is -2.46. The Morgan fingerprint density at radius 2 is 1.89 bits per heavy atom. The molecule has 0 aliphatic rings. The first-order valence-corrected chi connectivity index (χ1v) is 9.32. The van der Waals surface area contributed by atoms with E-state index in [0.29, 0.717) is 6.42 Å². The molecule has 0 heterocycles. The number of carbonyl (C=O) groups is 2. The lowest BCUT2D eigenvalue weighted by Gasteiger charge is -2.40. The first-order valence-electron chi connectivity index (χ1n) is 6.41. The van der Waals surface area contributed by atoms with Crippen LogP contribution in [0.4, 0.5) is 0 Å². The molecule has 0 unspecified atom stereocenters. The zero-order valence-electron chi connectivity index (χ0n) is 12.4. The second kappa shape index (κ2) is 6.47. The van der Waals surface area contributed by atoms with Gasteiger partial charge in [-0.25, -0.2) is 0 Å². The van der Waals surface area contributed by atoms with Gasteiger partial charge < -0.3 is 15.0 Å². The van der Waals surface area contributed by atoms with E-state index in [9.17, 15) is 9.59 Å². The lowest BCUT2D eigenvalue weighted by atomic mass is 9.99. The summed E-state index contributed by atoms with van der Waals surface area (Å²) in [5.74, 6) is -0.361. The van der Waals surface area contributed by atoms with Gasteiger partial charge in [-0.2, -0.15) is 0 Å². The minimum absolute atomic E-state index is 0.0177. The number of carbonyl (C=O) groups excluding carboxylic acids is 2. The van der Waals surface area contributed by atoms with Gasteiger partial charge in [-0.05, 0) is 24.1 Å². The van der Waals surface area contributed by atoms with E-state index >= 15 is 0 Å². The van der Waals surface area contributed by atoms with Gasteiger partial charge in [-0.15, -0.1) is 0 Å². The molecule has 0 aromatic carbocycles. The zero-order chi connectivity index (χ0) is 14.6. The first-order chi connectivity index (χ1) is 8.01. The fourth-order valence-corrected chi connectivity index (χ4v) is 2.84. The normalized spacial score (nSPS) is 16.1. The van der Waals surface area contributed by atoms with E-state index in [1.165, 1.54) is 0 Å². The first kappa shape index (κ1) is 17.3. The van der Waals surface area contributed by atoms with E-state index in [0.717, 1.165) is 6.29 Å². The minimum Gasteiger partial charge on any atom is -0.413 e. The predicted octanol–water partition coefficient (Wildman–Crippen LogP) is 2.48. The van der Waals surface area contributed by atoms with Gasteiger partial charge in [0.2, 0.25) is 5.91 Å². The predicted molar refractivity (Wildman–Crippen MR) is 75.7 cm³/mol. The molecular weight excluding hydrogens is 246 g/mol. The molecule has 0 aromatic rings. The third kappa shape index (κ3) is 5.31. The SMILES string of the molecule is C[C@H](CC=O)[C@@H](CC(N)=O)O[Si](C)(C)C(C)(C)C. The number of aldehydes is 1. The van der Waals surface area contributed by atoms with E-state index in [-0.39, 0.29) is 29.4 Å². The van der Waals surface area contributed by atoms with Gasteiger partial charge in [0, 0.05) is 6.42 Å². The number of hydrogen-bond donors (Lipinski definition) is 1. The van der Waals surface area contributed by atoms with Crippen molar-refractivity contribution in [2.24, 2.45) is 11.7 Å². The van der Waals surface area contributed by atoms with Crippen molar-refractivity contribution < 1.29 is 14.0 Å². The molecule has 0 radical (unpaired) electrons. The number of hydrogen-bond acceptors (Lipinski definition) is 3. The number of primary amides is 1. The Morgan fingerprint density at radius 1 is 1.39 bits per heavy atom. The van der Waals surface area contributed by atoms with Crippen molar-refractivity contribution >= 4 is 20.5 Å². The summed E-state index contributed by atoms with van der Waals surface area (Å²) in [6, 6.07) is 0. The molecule has 106 valence electrons. The van der Waals surface area contributed by atoms with Crippen LogP contribution in [0.5, 0.6) is 0 Å². The summed E-state index contributed by atoms with van der Waals surface area (Å²) in [5.41, 5.74) is 5.26. The van der Waals surface area contributed by atoms with Gasteiger partial charge in [0.05, 0.1) is 12.5 Å². The number of amides is 1. The molecule has 0 aliphatic heterocycles. The molecule has 0 aliphatic carbocycles. The Kier molecular flexibility index (Phi) is 6.23. The van der Waals surface area contributed by atoms with E-state index in [4.69, 9.17) is 10.2 Å². The van der Waals surface area contributed by atoms with E-state index < -0.39 is 8.32 Å². The summed E-state index contributed by atoms with van der Waals surface area (Å²) in [6.45, 7) is 12.6. The summed E-state index contributed by atoms with van der Waals surface area (Å²) in [7, 11) is -1.95. The Morgan fingerprint density at radius 3 is 2.22 bits per heavy atom. The second-order valence-corrected chi connectivity index (χ2v) is 11.2. The van der Waals surface area contributed by atoms with Crippen LogP contribution in [0.25, 0.3) is 0 Å². The smallest absolute Gasteiger partial charge is 0.219 e.